The molecule has 1 rings (SSSR count). The summed E-state index contributed by atoms with van der Waals surface area (Å²) in [6.45, 7) is 4.76. The van der Waals surface area contributed by atoms with Crippen molar-refractivity contribution in [1.82, 2.24) is 0 Å². The Labute approximate surface area is 118 Å². The lowest BCUT2D eigenvalue weighted by molar-refractivity contribution is 0.0454. The van der Waals surface area contributed by atoms with Gasteiger partial charge in [-0.25, -0.2) is 4.39 Å². The Morgan fingerprint density at radius 2 is 2.06 bits per heavy atom. The monoisotopic (exact) mass is 316 g/mol. The summed E-state index contributed by atoms with van der Waals surface area (Å²) in [5.74, 6) is -0.230. The molecule has 1 atom stereocenters. The molecule has 0 amide bonds. The maximum absolute atomic E-state index is 13.3. The van der Waals surface area contributed by atoms with E-state index < -0.39 is 0 Å². The fourth-order valence-corrected chi connectivity index (χ4v) is 2.21. The molecule has 0 fully saturated rings. The summed E-state index contributed by atoms with van der Waals surface area (Å²) < 4.78 is 19.6. The number of halogens is 2. The zero-order valence-electron chi connectivity index (χ0n) is 11.2. The predicted molar refractivity (Wildman–Crippen MR) is 77.1 cm³/mol. The van der Waals surface area contributed by atoms with Crippen LogP contribution in [0.5, 0.6) is 0 Å². The molecular weight excluding hydrogens is 295 g/mol. The molecule has 0 bridgehead atoms. The van der Waals surface area contributed by atoms with Crippen LogP contribution in [0, 0.1) is 5.82 Å². The fourth-order valence-electron chi connectivity index (χ4n) is 1.83. The van der Waals surface area contributed by atoms with E-state index in [-0.39, 0.29) is 11.9 Å². The summed E-state index contributed by atoms with van der Waals surface area (Å²) in [6, 6.07) is 5.05. The number of benzene rings is 1. The van der Waals surface area contributed by atoms with Crippen molar-refractivity contribution in [2.45, 2.75) is 58.7 Å². The lowest BCUT2D eigenvalue weighted by atomic mass is 10.1. The summed E-state index contributed by atoms with van der Waals surface area (Å²) in [7, 11) is 0. The molecule has 0 radical (unpaired) electrons. The molecule has 1 aromatic rings. The molecule has 3 heteroatoms. The van der Waals surface area contributed by atoms with E-state index in [1.165, 1.54) is 31.7 Å². The molecule has 0 N–H and O–H groups in total. The van der Waals surface area contributed by atoms with Crippen molar-refractivity contribution >= 4 is 15.9 Å². The minimum absolute atomic E-state index is 0.230. The third-order valence-corrected chi connectivity index (χ3v) is 3.91. The third kappa shape index (κ3) is 5.49. The molecule has 102 valence electrons. The van der Waals surface area contributed by atoms with Gasteiger partial charge < -0.3 is 4.74 Å². The second-order valence-corrected chi connectivity index (χ2v) is 5.48. The van der Waals surface area contributed by atoms with Gasteiger partial charge in [0.25, 0.3) is 0 Å². The van der Waals surface area contributed by atoms with Crippen LogP contribution in [0.25, 0.3) is 0 Å². The van der Waals surface area contributed by atoms with Crippen molar-refractivity contribution in [1.29, 1.82) is 0 Å². The summed E-state index contributed by atoms with van der Waals surface area (Å²) >= 11 is 3.25. The van der Waals surface area contributed by atoms with E-state index in [4.69, 9.17) is 4.74 Å². The minimum Gasteiger partial charge on any atom is -0.374 e. The molecule has 0 heterocycles. The predicted octanol–water partition coefficient (Wildman–Crippen LogP) is 5.46. The first-order chi connectivity index (χ1) is 8.65. The summed E-state index contributed by atoms with van der Waals surface area (Å²) in [4.78, 5) is 0. The number of hydrogen-bond acceptors (Lipinski definition) is 1. The van der Waals surface area contributed by atoms with E-state index in [9.17, 15) is 4.39 Å². The first kappa shape index (κ1) is 15.6. The third-order valence-electron chi connectivity index (χ3n) is 3.02. The lowest BCUT2D eigenvalue weighted by Gasteiger charge is -2.14. The average molecular weight is 317 g/mol. The average Bonchev–Trinajstić information content (AvgIpc) is 2.36. The van der Waals surface area contributed by atoms with Crippen LogP contribution in [-0.4, -0.2) is 6.10 Å². The second-order valence-electron chi connectivity index (χ2n) is 4.68. The molecule has 0 aliphatic heterocycles. The van der Waals surface area contributed by atoms with Crippen molar-refractivity contribution in [3.63, 3.8) is 0 Å². The van der Waals surface area contributed by atoms with E-state index in [2.05, 4.69) is 29.8 Å². The van der Waals surface area contributed by atoms with E-state index in [1.54, 1.807) is 6.07 Å². The maximum atomic E-state index is 13.3. The zero-order valence-corrected chi connectivity index (χ0v) is 12.8. The summed E-state index contributed by atoms with van der Waals surface area (Å²) in [6.07, 6.45) is 6.34. The van der Waals surface area contributed by atoms with Gasteiger partial charge in [-0.3, -0.25) is 0 Å². The smallest absolute Gasteiger partial charge is 0.137 e. The van der Waals surface area contributed by atoms with Gasteiger partial charge in [0, 0.05) is 0 Å². The van der Waals surface area contributed by atoms with Crippen LogP contribution in [0.2, 0.25) is 0 Å². The molecule has 0 saturated heterocycles. The summed E-state index contributed by atoms with van der Waals surface area (Å²) in [5.41, 5.74) is 0.871. The molecule has 0 aliphatic carbocycles. The SMILES string of the molecule is CCCCCCC(C)OCc1cccc(F)c1Br. The van der Waals surface area contributed by atoms with Gasteiger partial charge in [0.2, 0.25) is 0 Å². The van der Waals surface area contributed by atoms with Crippen LogP contribution in [0.3, 0.4) is 0 Å². The highest BCUT2D eigenvalue weighted by atomic mass is 79.9. The first-order valence-corrected chi connectivity index (χ1v) is 7.49. The van der Waals surface area contributed by atoms with Gasteiger partial charge in [-0.05, 0) is 40.9 Å². The van der Waals surface area contributed by atoms with Crippen molar-refractivity contribution in [3.05, 3.63) is 34.1 Å². The molecule has 0 saturated carbocycles. The highest BCUT2D eigenvalue weighted by Crippen LogP contribution is 2.22. The Bertz CT molecular complexity index is 354. The quantitative estimate of drug-likeness (QED) is 0.578. The highest BCUT2D eigenvalue weighted by molar-refractivity contribution is 9.10. The maximum Gasteiger partial charge on any atom is 0.137 e. The number of rotatable bonds is 8. The van der Waals surface area contributed by atoms with Crippen LogP contribution in [0.15, 0.2) is 22.7 Å². The van der Waals surface area contributed by atoms with Gasteiger partial charge in [0.15, 0.2) is 0 Å². The van der Waals surface area contributed by atoms with Crippen LogP contribution >= 0.6 is 15.9 Å². The number of hydrogen-bond donors (Lipinski definition) is 0. The molecule has 0 aliphatic rings. The first-order valence-electron chi connectivity index (χ1n) is 6.69. The van der Waals surface area contributed by atoms with E-state index in [0.717, 1.165) is 12.0 Å². The minimum atomic E-state index is -0.230. The van der Waals surface area contributed by atoms with Gasteiger partial charge in [0.05, 0.1) is 17.2 Å². The van der Waals surface area contributed by atoms with Crippen LogP contribution in [0.1, 0.15) is 51.5 Å². The molecule has 1 nitrogen and oxygen atoms in total. The van der Waals surface area contributed by atoms with Crippen molar-refractivity contribution in [3.8, 4) is 0 Å². The van der Waals surface area contributed by atoms with Crippen LogP contribution in [0.4, 0.5) is 4.39 Å². The second kappa shape index (κ2) is 8.65. The molecule has 18 heavy (non-hydrogen) atoms. The summed E-state index contributed by atoms with van der Waals surface area (Å²) in [5, 5.41) is 0. The van der Waals surface area contributed by atoms with Crippen LogP contribution < -0.4 is 0 Å². The lowest BCUT2D eigenvalue weighted by Crippen LogP contribution is -2.08. The Kier molecular flexibility index (Phi) is 7.52. The fraction of sp³-hybridized carbons (Fsp3) is 0.600. The standard InChI is InChI=1S/C15H22BrFO/c1-3-4-5-6-8-12(2)18-11-13-9-7-10-14(17)15(13)16/h7,9-10,12H,3-6,8,11H2,1-2H3. The Morgan fingerprint density at radius 1 is 1.28 bits per heavy atom. The highest BCUT2D eigenvalue weighted by Gasteiger charge is 2.07. The van der Waals surface area contributed by atoms with Crippen molar-refractivity contribution in [2.24, 2.45) is 0 Å². The number of unbranched alkanes of at least 4 members (excludes halogenated alkanes) is 3. The molecule has 1 unspecified atom stereocenters. The van der Waals surface area contributed by atoms with Crippen molar-refractivity contribution < 1.29 is 9.13 Å². The molecule has 1 aromatic carbocycles. The topological polar surface area (TPSA) is 9.23 Å². The van der Waals surface area contributed by atoms with Gasteiger partial charge in [-0.2, -0.15) is 0 Å². The van der Waals surface area contributed by atoms with E-state index in [1.807, 2.05) is 6.07 Å². The molecule has 0 aromatic heterocycles. The Balaban J connectivity index is 2.29. The zero-order chi connectivity index (χ0) is 13.4. The van der Waals surface area contributed by atoms with Gasteiger partial charge in [-0.15, -0.1) is 0 Å². The van der Waals surface area contributed by atoms with Crippen LogP contribution in [-0.2, 0) is 11.3 Å². The number of ether oxygens (including phenoxy) is 1. The Morgan fingerprint density at radius 3 is 2.78 bits per heavy atom. The normalized spacial score (nSPS) is 12.7. The van der Waals surface area contributed by atoms with Crippen molar-refractivity contribution in [2.75, 3.05) is 0 Å². The largest absolute Gasteiger partial charge is 0.374 e. The van der Waals surface area contributed by atoms with Gasteiger partial charge in [0.1, 0.15) is 5.82 Å². The van der Waals surface area contributed by atoms with Gasteiger partial charge >= 0.3 is 0 Å². The van der Waals surface area contributed by atoms with Gasteiger partial charge in [-0.1, -0.05) is 44.7 Å². The van der Waals surface area contributed by atoms with E-state index in [0.29, 0.717) is 11.1 Å². The van der Waals surface area contributed by atoms with E-state index >= 15 is 0 Å². The molecule has 0 spiro atoms. The molecular formula is C15H22BrFO. The Hall–Kier alpha value is -0.410.